The monoisotopic (exact) mass is 355 g/mol. The Labute approximate surface area is 149 Å². The number of rotatable bonds is 5. The van der Waals surface area contributed by atoms with E-state index in [0.29, 0.717) is 11.6 Å². The van der Waals surface area contributed by atoms with Crippen molar-refractivity contribution in [2.24, 2.45) is 5.73 Å². The molecule has 3 N–H and O–H groups in total. The zero-order valence-corrected chi connectivity index (χ0v) is 14.2. The highest BCUT2D eigenvalue weighted by molar-refractivity contribution is 6.05. The van der Waals surface area contributed by atoms with Crippen LogP contribution in [-0.4, -0.2) is 35.7 Å². The highest BCUT2D eigenvalue weighted by Gasteiger charge is 2.30. The zero-order chi connectivity index (χ0) is 18.8. The smallest absolute Gasteiger partial charge is 0.255 e. The summed E-state index contributed by atoms with van der Waals surface area (Å²) in [7, 11) is 1.76. The summed E-state index contributed by atoms with van der Waals surface area (Å²) in [4.78, 5) is 37.4. The number of hydrogen-bond donors (Lipinski definition) is 2. The molecule has 6 nitrogen and oxygen atoms in total. The summed E-state index contributed by atoms with van der Waals surface area (Å²) in [5.74, 6) is -2.05. The molecule has 3 amide bonds. The summed E-state index contributed by atoms with van der Waals surface area (Å²) < 4.78 is 13.8. The molecule has 134 valence electrons. The van der Waals surface area contributed by atoms with Crippen LogP contribution >= 0.6 is 0 Å². The number of halogens is 1. The Morgan fingerprint density at radius 3 is 2.19 bits per heavy atom. The average molecular weight is 355 g/mol. The molecule has 1 aliphatic rings. The van der Waals surface area contributed by atoms with E-state index in [1.807, 2.05) is 0 Å². The average Bonchev–Trinajstić information content (AvgIpc) is 3.47. The minimum Gasteiger partial charge on any atom is -0.366 e. The lowest BCUT2D eigenvalue weighted by atomic mass is 10.1. The van der Waals surface area contributed by atoms with Gasteiger partial charge in [-0.05, 0) is 55.3 Å². The number of carbonyl (C=O) groups is 3. The maximum absolute atomic E-state index is 13.8. The van der Waals surface area contributed by atoms with E-state index in [1.165, 1.54) is 24.3 Å². The van der Waals surface area contributed by atoms with Gasteiger partial charge in [-0.3, -0.25) is 14.4 Å². The van der Waals surface area contributed by atoms with Crippen molar-refractivity contribution in [2.75, 3.05) is 12.4 Å². The Hall–Kier alpha value is -3.22. The van der Waals surface area contributed by atoms with Crippen LogP contribution in [0.3, 0.4) is 0 Å². The minimum absolute atomic E-state index is 0.0887. The van der Waals surface area contributed by atoms with Gasteiger partial charge in [0.1, 0.15) is 5.82 Å². The predicted octanol–water partition coefficient (Wildman–Crippen LogP) is 2.41. The molecule has 2 aromatic rings. The van der Waals surface area contributed by atoms with Crippen LogP contribution in [0.1, 0.15) is 43.9 Å². The van der Waals surface area contributed by atoms with E-state index >= 15 is 0 Å². The molecule has 0 heterocycles. The van der Waals surface area contributed by atoms with Crippen LogP contribution in [0, 0.1) is 5.82 Å². The van der Waals surface area contributed by atoms with Gasteiger partial charge in [-0.25, -0.2) is 4.39 Å². The van der Waals surface area contributed by atoms with Gasteiger partial charge in [-0.15, -0.1) is 0 Å². The van der Waals surface area contributed by atoms with E-state index in [-0.39, 0.29) is 22.7 Å². The van der Waals surface area contributed by atoms with Crippen molar-refractivity contribution in [2.45, 2.75) is 18.9 Å². The molecule has 1 aliphatic carbocycles. The van der Waals surface area contributed by atoms with Crippen LogP contribution in [-0.2, 0) is 0 Å². The molecule has 26 heavy (non-hydrogen) atoms. The van der Waals surface area contributed by atoms with Crippen LogP contribution in [0.15, 0.2) is 42.5 Å². The third-order valence-electron chi connectivity index (χ3n) is 4.31. The lowest BCUT2D eigenvalue weighted by Crippen LogP contribution is -2.28. The molecule has 0 atom stereocenters. The lowest BCUT2D eigenvalue weighted by molar-refractivity contribution is 0.0784. The molecule has 7 heteroatoms. The van der Waals surface area contributed by atoms with E-state index in [1.54, 1.807) is 24.1 Å². The van der Waals surface area contributed by atoms with E-state index < -0.39 is 17.6 Å². The maximum atomic E-state index is 13.8. The van der Waals surface area contributed by atoms with Crippen LogP contribution in [0.5, 0.6) is 0 Å². The molecular formula is C19H18FN3O3. The molecule has 0 radical (unpaired) electrons. The first-order chi connectivity index (χ1) is 12.4. The standard InChI is InChI=1S/C19H18FN3O3/c1-23(14-7-8-14)19(26)12-4-2-11(3-5-12)18(25)22-16-10-13(17(21)24)6-9-15(16)20/h2-6,9-10,14H,7-8H2,1H3,(H2,21,24)(H,22,25). The molecule has 0 aliphatic heterocycles. The van der Waals surface area contributed by atoms with Crippen molar-refractivity contribution in [3.05, 3.63) is 65.0 Å². The van der Waals surface area contributed by atoms with Gasteiger partial charge in [0.2, 0.25) is 5.91 Å². The topological polar surface area (TPSA) is 92.5 Å². The number of anilines is 1. The van der Waals surface area contributed by atoms with Gasteiger partial charge in [0.25, 0.3) is 11.8 Å². The van der Waals surface area contributed by atoms with Crippen molar-refractivity contribution < 1.29 is 18.8 Å². The highest BCUT2D eigenvalue weighted by atomic mass is 19.1. The van der Waals surface area contributed by atoms with Crippen LogP contribution < -0.4 is 11.1 Å². The van der Waals surface area contributed by atoms with E-state index in [2.05, 4.69) is 5.32 Å². The molecule has 0 aromatic heterocycles. The first-order valence-electron chi connectivity index (χ1n) is 8.14. The highest BCUT2D eigenvalue weighted by Crippen LogP contribution is 2.26. The largest absolute Gasteiger partial charge is 0.366 e. The number of carbonyl (C=O) groups excluding carboxylic acids is 3. The SMILES string of the molecule is CN(C(=O)c1ccc(C(=O)Nc2cc(C(N)=O)ccc2F)cc1)C1CC1. The summed E-state index contributed by atoms with van der Waals surface area (Å²) in [5.41, 5.74) is 5.86. The molecule has 0 spiro atoms. The molecule has 2 aromatic carbocycles. The molecule has 3 rings (SSSR count). The Balaban J connectivity index is 1.73. The fourth-order valence-electron chi connectivity index (χ4n) is 2.56. The molecule has 0 bridgehead atoms. The Kier molecular flexibility index (Phi) is 4.71. The van der Waals surface area contributed by atoms with Gasteiger partial charge < -0.3 is 16.0 Å². The summed E-state index contributed by atoms with van der Waals surface area (Å²) >= 11 is 0. The number of nitrogens with one attached hydrogen (secondary N) is 1. The quantitative estimate of drug-likeness (QED) is 0.863. The Bertz CT molecular complexity index is 876. The number of nitrogens with zero attached hydrogens (tertiary/aromatic N) is 1. The number of amides is 3. The molecule has 0 saturated heterocycles. The van der Waals surface area contributed by atoms with E-state index in [0.717, 1.165) is 18.9 Å². The van der Waals surface area contributed by atoms with Crippen molar-refractivity contribution in [1.82, 2.24) is 4.90 Å². The minimum atomic E-state index is -0.719. The maximum Gasteiger partial charge on any atom is 0.255 e. The van der Waals surface area contributed by atoms with Crippen LogP contribution in [0.4, 0.5) is 10.1 Å². The fourth-order valence-corrected chi connectivity index (χ4v) is 2.56. The summed E-state index contributed by atoms with van der Waals surface area (Å²) in [6.07, 6.45) is 2.03. The number of hydrogen-bond acceptors (Lipinski definition) is 3. The first kappa shape index (κ1) is 17.6. The third-order valence-corrected chi connectivity index (χ3v) is 4.31. The number of nitrogens with two attached hydrogens (primary N) is 1. The van der Waals surface area contributed by atoms with Gasteiger partial charge in [-0.2, -0.15) is 0 Å². The lowest BCUT2D eigenvalue weighted by Gasteiger charge is -2.16. The second-order valence-corrected chi connectivity index (χ2v) is 6.24. The normalized spacial score (nSPS) is 13.2. The molecule has 0 unspecified atom stereocenters. The second kappa shape index (κ2) is 6.95. The Morgan fingerprint density at radius 2 is 1.62 bits per heavy atom. The number of primary amides is 1. The van der Waals surface area contributed by atoms with E-state index in [4.69, 9.17) is 5.73 Å². The number of benzene rings is 2. The molecule has 1 saturated carbocycles. The van der Waals surface area contributed by atoms with Crippen molar-refractivity contribution in [3.8, 4) is 0 Å². The van der Waals surface area contributed by atoms with Crippen molar-refractivity contribution in [3.63, 3.8) is 0 Å². The fraction of sp³-hybridized carbons (Fsp3) is 0.211. The summed E-state index contributed by atoms with van der Waals surface area (Å²) in [6.45, 7) is 0. The van der Waals surface area contributed by atoms with Crippen molar-refractivity contribution in [1.29, 1.82) is 0 Å². The van der Waals surface area contributed by atoms with E-state index in [9.17, 15) is 18.8 Å². The predicted molar refractivity (Wildman–Crippen MR) is 94.4 cm³/mol. The zero-order valence-electron chi connectivity index (χ0n) is 14.2. The Morgan fingerprint density at radius 1 is 1.04 bits per heavy atom. The summed E-state index contributed by atoms with van der Waals surface area (Å²) in [5, 5.41) is 2.40. The third kappa shape index (κ3) is 3.72. The van der Waals surface area contributed by atoms with Gasteiger partial charge in [0.15, 0.2) is 0 Å². The van der Waals surface area contributed by atoms with Gasteiger partial charge in [0, 0.05) is 29.8 Å². The summed E-state index contributed by atoms with van der Waals surface area (Å²) in [6, 6.07) is 9.90. The van der Waals surface area contributed by atoms with Crippen LogP contribution in [0.2, 0.25) is 0 Å². The van der Waals surface area contributed by atoms with Crippen LogP contribution in [0.25, 0.3) is 0 Å². The van der Waals surface area contributed by atoms with Gasteiger partial charge >= 0.3 is 0 Å². The van der Waals surface area contributed by atoms with Gasteiger partial charge in [0.05, 0.1) is 5.69 Å². The first-order valence-corrected chi connectivity index (χ1v) is 8.14. The molecular weight excluding hydrogens is 337 g/mol. The van der Waals surface area contributed by atoms with Gasteiger partial charge in [-0.1, -0.05) is 0 Å². The van der Waals surface area contributed by atoms with Crippen molar-refractivity contribution >= 4 is 23.4 Å². The second-order valence-electron chi connectivity index (χ2n) is 6.24. The molecule has 1 fully saturated rings.